The van der Waals surface area contributed by atoms with Crippen molar-refractivity contribution in [1.82, 2.24) is 8.77 Å². The fraction of sp³-hybridized carbons (Fsp3) is 1.00. The van der Waals surface area contributed by atoms with E-state index in [-0.39, 0.29) is 0 Å². The van der Waals surface area contributed by atoms with Crippen molar-refractivity contribution in [3.05, 3.63) is 0 Å². The third-order valence-corrected chi connectivity index (χ3v) is 4.69. The Morgan fingerprint density at radius 2 is 1.53 bits per heavy atom. The van der Waals surface area contributed by atoms with Crippen molar-refractivity contribution >= 4 is 10.2 Å². The van der Waals surface area contributed by atoms with E-state index in [0.29, 0.717) is 26.2 Å². The molecule has 0 aromatic heterocycles. The van der Waals surface area contributed by atoms with Crippen LogP contribution in [0.5, 0.6) is 0 Å². The lowest BCUT2D eigenvalue weighted by molar-refractivity contribution is -0.113. The molecule has 0 aromatic rings. The Hall–Kier alpha value is -0.170. The summed E-state index contributed by atoms with van der Waals surface area (Å²) in [4.78, 5) is 5.20. The first-order valence-electron chi connectivity index (χ1n) is 5.62. The van der Waals surface area contributed by atoms with Gasteiger partial charge in [0.1, 0.15) is 0 Å². The highest BCUT2D eigenvalue weighted by atomic mass is 32.2. The Morgan fingerprint density at radius 1 is 0.867 bits per heavy atom. The molecule has 0 atom stereocenters. The Morgan fingerprint density at radius 3 is 2.13 bits per heavy atom. The van der Waals surface area contributed by atoms with Crippen molar-refractivity contribution in [3.8, 4) is 0 Å². The van der Waals surface area contributed by atoms with E-state index in [2.05, 4.69) is 0 Å². The van der Waals surface area contributed by atoms with Gasteiger partial charge in [-0.25, -0.2) is 0 Å². The van der Waals surface area contributed by atoms with Crippen LogP contribution in [0.2, 0.25) is 0 Å². The van der Waals surface area contributed by atoms with Crippen LogP contribution < -0.4 is 0 Å². The molecule has 2 fully saturated rings. The molecule has 0 aliphatic carbocycles. The average Bonchev–Trinajstić information content (AvgIpc) is 2.31. The Kier molecular flexibility index (Phi) is 3.60. The van der Waals surface area contributed by atoms with Crippen LogP contribution in [0.15, 0.2) is 0 Å². The summed E-state index contributed by atoms with van der Waals surface area (Å²) in [5.41, 5.74) is 0. The minimum atomic E-state index is -3.34. The smallest absolute Gasteiger partial charge is 0.283 e. The number of hydroxylamine groups is 1. The lowest BCUT2D eigenvalue weighted by Crippen LogP contribution is -2.47. The second kappa shape index (κ2) is 4.78. The summed E-state index contributed by atoms with van der Waals surface area (Å²) in [5, 5.41) is 0. The molecule has 0 N–H and O–H groups in total. The van der Waals surface area contributed by atoms with Gasteiger partial charge in [-0.1, -0.05) is 10.9 Å². The summed E-state index contributed by atoms with van der Waals surface area (Å²) in [6.07, 6.45) is 4.91. The number of piperidine rings is 1. The largest absolute Gasteiger partial charge is 0.304 e. The van der Waals surface area contributed by atoms with Gasteiger partial charge in [0.15, 0.2) is 0 Å². The number of nitrogens with zero attached hydrogens (tertiary/aromatic N) is 2. The topological polar surface area (TPSA) is 49.9 Å². The van der Waals surface area contributed by atoms with Gasteiger partial charge >= 0.3 is 10.2 Å². The van der Waals surface area contributed by atoms with E-state index in [1.165, 1.54) is 4.47 Å². The first-order valence-corrected chi connectivity index (χ1v) is 7.02. The van der Waals surface area contributed by atoms with Crippen molar-refractivity contribution in [2.24, 2.45) is 0 Å². The second-order valence-corrected chi connectivity index (χ2v) is 5.85. The van der Waals surface area contributed by atoms with E-state index in [4.69, 9.17) is 4.84 Å². The van der Waals surface area contributed by atoms with E-state index in [9.17, 15) is 8.42 Å². The fourth-order valence-electron chi connectivity index (χ4n) is 1.98. The van der Waals surface area contributed by atoms with Crippen molar-refractivity contribution in [2.45, 2.75) is 32.1 Å². The maximum absolute atomic E-state index is 12.1. The molecule has 0 saturated carbocycles. The molecule has 0 aromatic carbocycles. The normalized spacial score (nSPS) is 26.7. The molecule has 2 rings (SSSR count). The maximum Gasteiger partial charge on any atom is 0.304 e. The molecule has 88 valence electrons. The first kappa shape index (κ1) is 11.3. The predicted molar refractivity (Wildman–Crippen MR) is 56.2 cm³/mol. The Balaban J connectivity index is 2.03. The zero-order valence-corrected chi connectivity index (χ0v) is 9.71. The molecular formula is C9H18N2O3S. The molecule has 2 heterocycles. The van der Waals surface area contributed by atoms with Crippen LogP contribution in [-0.4, -0.2) is 43.4 Å². The van der Waals surface area contributed by atoms with Crippen LogP contribution in [0.25, 0.3) is 0 Å². The van der Waals surface area contributed by atoms with E-state index >= 15 is 0 Å². The van der Waals surface area contributed by atoms with Gasteiger partial charge in [-0.3, -0.25) is 4.84 Å². The summed E-state index contributed by atoms with van der Waals surface area (Å²) in [6, 6.07) is 0. The molecule has 0 radical (unpaired) electrons. The molecule has 15 heavy (non-hydrogen) atoms. The van der Waals surface area contributed by atoms with E-state index in [1.54, 1.807) is 4.31 Å². The quantitative estimate of drug-likeness (QED) is 0.708. The molecule has 0 unspecified atom stereocenters. The number of hydrogen-bond donors (Lipinski definition) is 0. The Bertz CT molecular complexity index is 268. The van der Waals surface area contributed by atoms with Crippen LogP contribution in [0.4, 0.5) is 0 Å². The fourth-order valence-corrected chi connectivity index (χ4v) is 3.53. The van der Waals surface area contributed by atoms with Crippen molar-refractivity contribution < 1.29 is 13.3 Å². The van der Waals surface area contributed by atoms with Crippen molar-refractivity contribution in [1.29, 1.82) is 0 Å². The predicted octanol–water partition coefficient (Wildman–Crippen LogP) is 0.744. The van der Waals surface area contributed by atoms with E-state index in [0.717, 1.165) is 32.1 Å². The van der Waals surface area contributed by atoms with Gasteiger partial charge in [0, 0.05) is 19.6 Å². The minimum Gasteiger partial charge on any atom is -0.283 e. The monoisotopic (exact) mass is 234 g/mol. The van der Waals surface area contributed by atoms with Crippen LogP contribution >= 0.6 is 0 Å². The molecule has 6 heteroatoms. The van der Waals surface area contributed by atoms with Gasteiger partial charge in [-0.05, 0) is 25.7 Å². The lowest BCUT2D eigenvalue weighted by atomic mass is 10.2. The van der Waals surface area contributed by atoms with Gasteiger partial charge in [0.25, 0.3) is 0 Å². The zero-order chi connectivity index (χ0) is 10.7. The number of hydrogen-bond acceptors (Lipinski definition) is 3. The summed E-state index contributed by atoms with van der Waals surface area (Å²) < 4.78 is 26.8. The third-order valence-electron chi connectivity index (χ3n) is 2.87. The third kappa shape index (κ3) is 2.50. The average molecular weight is 234 g/mol. The lowest BCUT2D eigenvalue weighted by Gasteiger charge is -2.33. The SMILES string of the molecule is O=S(=O)(N1CCCCC1)N1CCCCO1. The van der Waals surface area contributed by atoms with Crippen LogP contribution in [0.1, 0.15) is 32.1 Å². The number of rotatable bonds is 2. The Labute approximate surface area is 91.1 Å². The standard InChI is InChI=1S/C9H18N2O3S/c12-15(13,10-6-2-1-3-7-10)11-8-4-5-9-14-11/h1-9H2. The second-order valence-electron chi connectivity index (χ2n) is 4.03. The molecule has 0 amide bonds. The highest BCUT2D eigenvalue weighted by Gasteiger charge is 2.32. The van der Waals surface area contributed by atoms with Crippen LogP contribution in [0, 0.1) is 0 Å². The highest BCUT2D eigenvalue weighted by molar-refractivity contribution is 7.86. The minimum absolute atomic E-state index is 0.499. The maximum atomic E-state index is 12.1. The molecular weight excluding hydrogens is 216 g/mol. The van der Waals surface area contributed by atoms with Crippen molar-refractivity contribution in [2.75, 3.05) is 26.2 Å². The molecule has 0 bridgehead atoms. The summed E-state index contributed by atoms with van der Waals surface area (Å²) in [6.45, 7) is 2.30. The van der Waals surface area contributed by atoms with Crippen LogP contribution in [-0.2, 0) is 15.0 Å². The summed E-state index contributed by atoms with van der Waals surface area (Å²) >= 11 is 0. The molecule has 5 nitrogen and oxygen atoms in total. The summed E-state index contributed by atoms with van der Waals surface area (Å²) in [5.74, 6) is 0. The van der Waals surface area contributed by atoms with Gasteiger partial charge in [0.2, 0.25) is 0 Å². The summed E-state index contributed by atoms with van der Waals surface area (Å²) in [7, 11) is -3.34. The first-order chi connectivity index (χ1) is 7.21. The molecule has 2 aliphatic rings. The van der Waals surface area contributed by atoms with E-state index in [1.807, 2.05) is 0 Å². The van der Waals surface area contributed by atoms with E-state index < -0.39 is 10.2 Å². The molecule has 2 saturated heterocycles. The van der Waals surface area contributed by atoms with Gasteiger partial charge in [-0.15, -0.1) is 0 Å². The van der Waals surface area contributed by atoms with Crippen LogP contribution in [0.3, 0.4) is 0 Å². The van der Waals surface area contributed by atoms with Gasteiger partial charge in [-0.2, -0.15) is 12.7 Å². The zero-order valence-electron chi connectivity index (χ0n) is 8.89. The van der Waals surface area contributed by atoms with Crippen molar-refractivity contribution in [3.63, 3.8) is 0 Å². The molecule has 2 aliphatic heterocycles. The van der Waals surface area contributed by atoms with Gasteiger partial charge in [0.05, 0.1) is 6.61 Å². The van der Waals surface area contributed by atoms with Gasteiger partial charge < -0.3 is 0 Å². The highest BCUT2D eigenvalue weighted by Crippen LogP contribution is 2.19. The molecule has 0 spiro atoms.